The van der Waals surface area contributed by atoms with Crippen LogP contribution >= 0.6 is 11.6 Å². The Labute approximate surface area is 83.9 Å². The van der Waals surface area contributed by atoms with Crippen LogP contribution in [0.15, 0.2) is 18.6 Å². The second-order valence-corrected chi connectivity index (χ2v) is 3.20. The zero-order valence-electron chi connectivity index (χ0n) is 7.01. The fraction of sp³-hybridized carbons (Fsp3) is 0.125. The molecule has 0 aliphatic heterocycles. The fourth-order valence-corrected chi connectivity index (χ4v) is 1.33. The first-order valence-electron chi connectivity index (χ1n) is 3.86. The summed E-state index contributed by atoms with van der Waals surface area (Å²) in [5.74, 6) is -0.899. The zero-order valence-corrected chi connectivity index (χ0v) is 7.77. The molecule has 72 valence electrons. The number of carboxylic acids is 1. The van der Waals surface area contributed by atoms with Gasteiger partial charge in [0.1, 0.15) is 5.02 Å². The van der Waals surface area contributed by atoms with E-state index in [0.717, 1.165) is 0 Å². The van der Waals surface area contributed by atoms with Gasteiger partial charge in [-0.25, -0.2) is 9.50 Å². The lowest BCUT2D eigenvalue weighted by atomic mass is 10.2. The predicted molar refractivity (Wildman–Crippen MR) is 49.3 cm³/mol. The molecule has 14 heavy (non-hydrogen) atoms. The molecule has 0 fully saturated rings. The summed E-state index contributed by atoms with van der Waals surface area (Å²) in [5, 5.41) is 12.9. The minimum atomic E-state index is -0.899. The standard InChI is InChI=1S/C8H6ClN3O2/c9-6-3-11-12-4-5(1-7(13)14)2-10-8(6)12/h2-4H,1H2,(H,13,14). The van der Waals surface area contributed by atoms with Crippen LogP contribution in [0.4, 0.5) is 0 Å². The Morgan fingerprint density at radius 2 is 2.36 bits per heavy atom. The first kappa shape index (κ1) is 8.96. The molecule has 0 unspecified atom stereocenters. The molecule has 0 saturated heterocycles. The number of aromatic nitrogens is 3. The van der Waals surface area contributed by atoms with Crippen LogP contribution in [0.2, 0.25) is 5.02 Å². The number of fused-ring (bicyclic) bond motifs is 1. The van der Waals surface area contributed by atoms with Gasteiger partial charge in [0.2, 0.25) is 0 Å². The van der Waals surface area contributed by atoms with Crippen LogP contribution in [0.25, 0.3) is 5.65 Å². The van der Waals surface area contributed by atoms with Gasteiger partial charge in [-0.15, -0.1) is 0 Å². The predicted octanol–water partition coefficient (Wildman–Crippen LogP) is 1.01. The summed E-state index contributed by atoms with van der Waals surface area (Å²) in [5.41, 5.74) is 1.12. The SMILES string of the molecule is O=C(O)Cc1cnc2c(Cl)cnn2c1. The molecular weight excluding hydrogens is 206 g/mol. The largest absolute Gasteiger partial charge is 0.481 e. The number of halogens is 1. The average Bonchev–Trinajstić information content (AvgIpc) is 2.46. The van der Waals surface area contributed by atoms with E-state index in [1.165, 1.54) is 16.9 Å². The van der Waals surface area contributed by atoms with E-state index in [1.807, 2.05) is 0 Å². The minimum Gasteiger partial charge on any atom is -0.481 e. The third-order valence-corrected chi connectivity index (χ3v) is 1.99. The Hall–Kier alpha value is -1.62. The van der Waals surface area contributed by atoms with Gasteiger partial charge in [0, 0.05) is 12.4 Å². The molecule has 0 amide bonds. The van der Waals surface area contributed by atoms with Crippen molar-refractivity contribution in [3.05, 3.63) is 29.2 Å². The van der Waals surface area contributed by atoms with E-state index in [2.05, 4.69) is 10.1 Å². The lowest BCUT2D eigenvalue weighted by molar-refractivity contribution is -0.136. The van der Waals surface area contributed by atoms with E-state index < -0.39 is 5.97 Å². The molecule has 0 atom stereocenters. The Kier molecular flexibility index (Phi) is 2.09. The summed E-state index contributed by atoms with van der Waals surface area (Å²) >= 11 is 5.77. The number of rotatable bonds is 2. The number of hydrogen-bond acceptors (Lipinski definition) is 3. The van der Waals surface area contributed by atoms with Crippen LogP contribution in [0.3, 0.4) is 0 Å². The second kappa shape index (κ2) is 3.26. The van der Waals surface area contributed by atoms with Crippen LogP contribution in [-0.2, 0) is 11.2 Å². The summed E-state index contributed by atoms with van der Waals surface area (Å²) in [4.78, 5) is 14.4. The van der Waals surface area contributed by atoms with Gasteiger partial charge in [-0.05, 0) is 5.56 Å². The molecule has 2 heterocycles. The normalized spacial score (nSPS) is 10.6. The van der Waals surface area contributed by atoms with Gasteiger partial charge >= 0.3 is 5.97 Å². The highest BCUT2D eigenvalue weighted by Gasteiger charge is 2.05. The van der Waals surface area contributed by atoms with Crippen LogP contribution in [-0.4, -0.2) is 25.7 Å². The Morgan fingerprint density at radius 1 is 1.57 bits per heavy atom. The molecule has 2 aromatic heterocycles. The van der Waals surface area contributed by atoms with E-state index in [4.69, 9.17) is 16.7 Å². The van der Waals surface area contributed by atoms with Crippen molar-refractivity contribution in [1.82, 2.24) is 14.6 Å². The van der Waals surface area contributed by atoms with Crippen LogP contribution in [0, 0.1) is 0 Å². The van der Waals surface area contributed by atoms with Gasteiger partial charge in [0.25, 0.3) is 0 Å². The van der Waals surface area contributed by atoms with Gasteiger partial charge < -0.3 is 5.11 Å². The third-order valence-electron chi connectivity index (χ3n) is 1.72. The van der Waals surface area contributed by atoms with Gasteiger partial charge in [-0.2, -0.15) is 5.10 Å². The lowest BCUT2D eigenvalue weighted by Gasteiger charge is -1.97. The Morgan fingerprint density at radius 3 is 3.07 bits per heavy atom. The number of aliphatic carboxylic acids is 1. The third kappa shape index (κ3) is 1.54. The van der Waals surface area contributed by atoms with Crippen LogP contribution in [0.5, 0.6) is 0 Å². The van der Waals surface area contributed by atoms with E-state index >= 15 is 0 Å². The van der Waals surface area contributed by atoms with Crippen LogP contribution in [0.1, 0.15) is 5.56 Å². The number of hydrogen-bond donors (Lipinski definition) is 1. The molecule has 1 N–H and O–H groups in total. The molecule has 0 aromatic carbocycles. The van der Waals surface area contributed by atoms with Crippen molar-refractivity contribution in [3.8, 4) is 0 Å². The molecule has 0 radical (unpaired) electrons. The molecule has 2 aromatic rings. The monoisotopic (exact) mass is 211 g/mol. The molecule has 5 nitrogen and oxygen atoms in total. The van der Waals surface area contributed by atoms with Crippen LogP contribution < -0.4 is 0 Å². The smallest absolute Gasteiger partial charge is 0.307 e. The maximum Gasteiger partial charge on any atom is 0.307 e. The second-order valence-electron chi connectivity index (χ2n) is 2.79. The summed E-state index contributed by atoms with van der Waals surface area (Å²) in [6, 6.07) is 0. The van der Waals surface area contributed by atoms with Gasteiger partial charge in [-0.1, -0.05) is 11.6 Å². The molecule has 6 heteroatoms. The van der Waals surface area contributed by atoms with Crippen molar-refractivity contribution in [1.29, 1.82) is 0 Å². The summed E-state index contributed by atoms with van der Waals surface area (Å²) in [6.07, 6.45) is 4.48. The van der Waals surface area contributed by atoms with Crippen molar-refractivity contribution in [3.63, 3.8) is 0 Å². The fourth-order valence-electron chi connectivity index (χ4n) is 1.15. The number of nitrogens with zero attached hydrogens (tertiary/aromatic N) is 3. The van der Waals surface area contributed by atoms with Crippen molar-refractivity contribution >= 4 is 23.2 Å². The van der Waals surface area contributed by atoms with Crippen molar-refractivity contribution in [2.75, 3.05) is 0 Å². The maximum absolute atomic E-state index is 10.4. The summed E-state index contributed by atoms with van der Waals surface area (Å²) < 4.78 is 1.46. The highest BCUT2D eigenvalue weighted by atomic mass is 35.5. The van der Waals surface area contributed by atoms with Gasteiger partial charge in [0.05, 0.1) is 12.6 Å². The molecule has 0 spiro atoms. The average molecular weight is 212 g/mol. The first-order valence-corrected chi connectivity index (χ1v) is 4.24. The molecule has 2 rings (SSSR count). The molecule has 0 aliphatic rings. The van der Waals surface area contributed by atoms with E-state index in [9.17, 15) is 4.79 Å². The first-order chi connectivity index (χ1) is 6.66. The molecule has 0 bridgehead atoms. The Bertz CT molecular complexity index is 494. The number of carbonyl (C=O) groups is 1. The highest BCUT2D eigenvalue weighted by molar-refractivity contribution is 6.33. The van der Waals surface area contributed by atoms with Gasteiger partial charge in [-0.3, -0.25) is 4.79 Å². The zero-order chi connectivity index (χ0) is 10.1. The van der Waals surface area contributed by atoms with E-state index in [-0.39, 0.29) is 6.42 Å². The highest BCUT2D eigenvalue weighted by Crippen LogP contribution is 2.13. The summed E-state index contributed by atoms with van der Waals surface area (Å²) in [7, 11) is 0. The van der Waals surface area contributed by atoms with Crippen molar-refractivity contribution < 1.29 is 9.90 Å². The summed E-state index contributed by atoms with van der Waals surface area (Å²) in [6.45, 7) is 0. The molecule has 0 saturated carbocycles. The topological polar surface area (TPSA) is 67.5 Å². The Balaban J connectivity index is 2.46. The van der Waals surface area contributed by atoms with E-state index in [1.54, 1.807) is 6.20 Å². The maximum atomic E-state index is 10.4. The minimum absolute atomic E-state index is 0.0690. The molecular formula is C8H6ClN3O2. The molecule has 0 aliphatic carbocycles. The number of carboxylic acid groups (broad SMARTS) is 1. The van der Waals surface area contributed by atoms with E-state index in [0.29, 0.717) is 16.2 Å². The quantitative estimate of drug-likeness (QED) is 0.805. The lowest BCUT2D eigenvalue weighted by Crippen LogP contribution is -2.02. The van der Waals surface area contributed by atoms with Gasteiger partial charge in [0.15, 0.2) is 5.65 Å². The van der Waals surface area contributed by atoms with Crippen molar-refractivity contribution in [2.45, 2.75) is 6.42 Å². The van der Waals surface area contributed by atoms with Crippen molar-refractivity contribution in [2.24, 2.45) is 0 Å².